The van der Waals surface area contributed by atoms with E-state index in [9.17, 15) is 63.6 Å². The summed E-state index contributed by atoms with van der Waals surface area (Å²) < 4.78 is 44.0. The van der Waals surface area contributed by atoms with E-state index in [0.717, 1.165) is 81.0 Å². The van der Waals surface area contributed by atoms with Crippen molar-refractivity contribution in [2.45, 2.75) is 223 Å². The lowest BCUT2D eigenvalue weighted by molar-refractivity contribution is -0.346. The van der Waals surface area contributed by atoms with Crippen LogP contribution in [-0.2, 0) is 71.5 Å². The molecule has 578 valence electrons. The van der Waals surface area contributed by atoms with Crippen molar-refractivity contribution in [3.63, 3.8) is 0 Å². The summed E-state index contributed by atoms with van der Waals surface area (Å²) in [5, 5.41) is 49.0. The molecule has 2 saturated heterocycles. The first-order valence-electron chi connectivity index (χ1n) is 37.8. The van der Waals surface area contributed by atoms with Gasteiger partial charge in [0.1, 0.15) is 36.1 Å². The zero-order valence-electron chi connectivity index (χ0n) is 62.5. The Labute approximate surface area is 633 Å². The van der Waals surface area contributed by atoms with Crippen LogP contribution in [0.5, 0.6) is 0 Å². The minimum absolute atomic E-state index is 0.0140. The molecule has 0 spiro atoms. The highest BCUT2D eigenvalue weighted by molar-refractivity contribution is 8.01. The topological polar surface area (TPSA) is 332 Å². The Morgan fingerprint density at radius 3 is 2.13 bits per heavy atom. The predicted molar refractivity (Wildman–Crippen MR) is 394 cm³/mol. The van der Waals surface area contributed by atoms with Crippen molar-refractivity contribution in [3.8, 4) is 0 Å². The van der Waals surface area contributed by atoms with Crippen molar-refractivity contribution in [2.24, 2.45) is 45.8 Å². The van der Waals surface area contributed by atoms with Gasteiger partial charge in [0.05, 0.1) is 52.8 Å². The summed E-state index contributed by atoms with van der Waals surface area (Å²) >= 11 is 1.01. The summed E-state index contributed by atoms with van der Waals surface area (Å²) in [4.78, 5) is 144. The number of carbonyl (C=O) groups excluding carboxylic acids is 10. The molecule has 24 heteroatoms. The second-order valence-corrected chi connectivity index (χ2v) is 33.2. The highest BCUT2D eigenvalue weighted by Crippen LogP contribution is 2.66. The number of ether oxygens (including phenoxy) is 7. The van der Waals surface area contributed by atoms with E-state index < -0.39 is 173 Å². The number of fused-ring (bicyclic) bond motifs is 6. The summed E-state index contributed by atoms with van der Waals surface area (Å²) in [5.41, 5.74) is -5.14. The molecule has 108 heavy (non-hydrogen) atoms. The first kappa shape index (κ1) is 79.2. The fourth-order valence-corrected chi connectivity index (χ4v) is 20.0. The van der Waals surface area contributed by atoms with Gasteiger partial charge >= 0.3 is 35.8 Å². The fourth-order valence-electron chi connectivity index (χ4n) is 19.0. The lowest BCUT2D eigenvalue weighted by atomic mass is 9.44. The molecular weight excluding hydrogens is 1400 g/mol. The largest absolute Gasteiger partial charge is 0.461 e. The van der Waals surface area contributed by atoms with Gasteiger partial charge in [0.25, 0.3) is 5.91 Å². The molecule has 2 bridgehead atoms. The molecule has 8 fully saturated rings. The van der Waals surface area contributed by atoms with Gasteiger partial charge < -0.3 is 58.9 Å². The molecule has 0 aromatic heterocycles. The third-order valence-corrected chi connectivity index (χ3v) is 26.2. The number of likely N-dealkylation sites (tertiary alicyclic amines) is 1. The average Bonchev–Trinajstić information content (AvgIpc) is 0.800. The van der Waals surface area contributed by atoms with Crippen LogP contribution in [0.3, 0.4) is 0 Å². The Morgan fingerprint density at radius 1 is 0.806 bits per heavy atom. The maximum absolute atomic E-state index is 16.6. The lowest BCUT2D eigenvalue weighted by Gasteiger charge is -2.67. The summed E-state index contributed by atoms with van der Waals surface area (Å²) in [6.45, 7) is 16.2. The second kappa shape index (κ2) is 31.9. The van der Waals surface area contributed by atoms with E-state index in [2.05, 4.69) is 44.0 Å². The predicted octanol–water partition coefficient (Wildman–Crippen LogP) is 9.58. The first-order chi connectivity index (χ1) is 51.3. The van der Waals surface area contributed by atoms with Gasteiger partial charge in [-0.3, -0.25) is 43.3 Å². The Bertz CT molecular complexity index is 4130. The van der Waals surface area contributed by atoms with E-state index in [0.29, 0.717) is 35.8 Å². The Kier molecular flexibility index (Phi) is 23.4. The number of nitrogens with one attached hydrogen (secondary N) is 1. The van der Waals surface area contributed by atoms with Crippen molar-refractivity contribution in [2.75, 3.05) is 18.9 Å². The number of Topliss-reactive ketones (excluding diaryl/α,β-unsaturated/α-hetero) is 1. The molecule has 3 amide bonds. The Hall–Kier alpha value is -8.39. The number of benzene rings is 3. The number of ketones is 1. The third-order valence-electron chi connectivity index (χ3n) is 25.0. The molecule has 6 saturated carbocycles. The van der Waals surface area contributed by atoms with Gasteiger partial charge in [0.2, 0.25) is 11.8 Å². The lowest BCUT2D eigenvalue weighted by Crippen LogP contribution is -2.82. The van der Waals surface area contributed by atoms with Crippen LogP contribution >= 0.6 is 11.8 Å². The summed E-state index contributed by atoms with van der Waals surface area (Å²) in [6.07, 6.45) is 2.14. The number of hydrogen-bond acceptors (Lipinski definition) is 22. The van der Waals surface area contributed by atoms with Gasteiger partial charge in [-0.2, -0.15) is 0 Å². The number of imide groups is 1. The number of amides is 3. The molecule has 12 rings (SSSR count). The van der Waals surface area contributed by atoms with Crippen LogP contribution in [0.1, 0.15) is 178 Å². The van der Waals surface area contributed by atoms with E-state index in [1.807, 2.05) is 6.08 Å². The van der Waals surface area contributed by atoms with Crippen LogP contribution in [-0.4, -0.2) is 175 Å². The number of hydrogen-bond donors (Lipinski definition) is 5. The highest BCUT2D eigenvalue weighted by atomic mass is 32.2. The van der Waals surface area contributed by atoms with Crippen LogP contribution < -0.4 is 5.32 Å². The van der Waals surface area contributed by atoms with Crippen molar-refractivity contribution in [3.05, 3.63) is 166 Å². The molecule has 19 atom stereocenters. The molecular formula is C84H100N2O21S. The standard InChI is InChI=1S/C84H100N2O21S/c1-46(58-34-35-59-51(27-19-37-81(58,59)8)30-33-56-39-57(89)40-60(90)47(56)2)29-36-61(52-31-32-52)103-68(93)44-108-63-41-66(91)86(77(63)97)38-20-28-67(92)105-64-42-65-83(45-101-65,107-50(5)88)73-75(106-78(98)55-25-17-12-18-26-55)84(100)43-62(48(3)69(80(84,6)7)72(102-49(4)87)74(95)82(64,73)9)104-79(99)71(94)70(53-21-13-10-14-22-53)85-76(96)54-23-15-11-16-24-54/h10-18,21-26,29-30,33,36,46,52,57-65,70-73,75,89-90,94,100H,2,19-20,27-28,31-32,34-35,37-45H2,1,3-9H3,(H,85,96)/b36-29+,51-30+,56-33-/t46-,57+,58?,59?,60-,61?,62?,63?,64?,65?,70?,71?,72?,73?,75?,81+,82?,83?,84?/m0/s1. The summed E-state index contributed by atoms with van der Waals surface area (Å²) in [5.74, 6) is -9.10. The number of nitrogens with zero attached hydrogens (tertiary/aromatic N) is 1. The van der Waals surface area contributed by atoms with Crippen molar-refractivity contribution in [1.29, 1.82) is 0 Å². The minimum atomic E-state index is -2.57. The maximum Gasteiger partial charge on any atom is 0.338 e. The zero-order chi connectivity index (χ0) is 77.5. The van der Waals surface area contributed by atoms with Crippen LogP contribution in [0.4, 0.5) is 0 Å². The van der Waals surface area contributed by atoms with Crippen LogP contribution in [0, 0.1) is 45.8 Å². The normalized spacial score (nSPS) is 33.3. The number of thioether (sulfide) groups is 1. The fraction of sp³-hybridized carbons (Fsp3) is 0.548. The molecule has 9 aliphatic rings. The molecule has 2 heterocycles. The van der Waals surface area contributed by atoms with Crippen LogP contribution in [0.15, 0.2) is 150 Å². The van der Waals surface area contributed by atoms with Crippen molar-refractivity contribution >= 4 is 71.1 Å². The van der Waals surface area contributed by atoms with E-state index in [1.54, 1.807) is 78.9 Å². The summed E-state index contributed by atoms with van der Waals surface area (Å²) in [6, 6.07) is 22.5. The number of esters is 6. The van der Waals surface area contributed by atoms with Crippen molar-refractivity contribution in [1.82, 2.24) is 10.2 Å². The number of carbonyl (C=O) groups is 10. The smallest absolute Gasteiger partial charge is 0.338 e. The van der Waals surface area contributed by atoms with Gasteiger partial charge in [0.15, 0.2) is 23.6 Å². The third kappa shape index (κ3) is 15.5. The summed E-state index contributed by atoms with van der Waals surface area (Å²) in [7, 11) is 0. The monoisotopic (exact) mass is 1500 g/mol. The molecule has 7 aliphatic carbocycles. The molecule has 0 radical (unpaired) electrons. The minimum Gasteiger partial charge on any atom is -0.461 e. The van der Waals surface area contributed by atoms with Crippen molar-refractivity contribution < 1.29 is 102 Å². The van der Waals surface area contributed by atoms with Crippen LogP contribution in [0.25, 0.3) is 0 Å². The molecule has 3 aromatic rings. The molecule has 2 aliphatic heterocycles. The van der Waals surface area contributed by atoms with Gasteiger partial charge in [0, 0.05) is 63.5 Å². The number of aliphatic hydroxyl groups excluding tert-OH is 3. The quantitative estimate of drug-likeness (QED) is 0.0241. The number of aliphatic hydroxyl groups is 4. The number of allylic oxidation sites excluding steroid dienone is 4. The zero-order valence-corrected chi connectivity index (χ0v) is 63.3. The first-order valence-corrected chi connectivity index (χ1v) is 38.9. The maximum atomic E-state index is 16.6. The molecule has 23 nitrogen and oxygen atoms in total. The van der Waals surface area contributed by atoms with Gasteiger partial charge in [-0.1, -0.05) is 125 Å². The molecule has 5 N–H and O–H groups in total. The highest BCUT2D eigenvalue weighted by Gasteiger charge is 2.79. The van der Waals surface area contributed by atoms with Gasteiger partial charge in [-0.25, -0.2) is 9.59 Å². The molecule has 15 unspecified atom stereocenters. The average molecular weight is 1510 g/mol. The SMILES string of the molecule is C=C1/C(=C\C=C2/CCC[C@@]3(C)C2CCC3[C@@H](C)/C=C/C(OC(=O)CSC2CC(=O)N(CCCC(=O)OC3CC4OCC4(OC(C)=O)C4C(OC(=O)c5ccccc5)C5(O)CC(OC(=O)C(O)C(NC(=O)c6ccccc6)c6ccccc6)C(C)=C(C(OC(C)=O)C(=O)C34C)C5(C)C)C2=O)C2CC2)C[C@@H](O)C[C@@H]1O. The van der Waals surface area contributed by atoms with E-state index in [-0.39, 0.29) is 71.1 Å². The van der Waals surface area contributed by atoms with Crippen LogP contribution in [0.2, 0.25) is 0 Å². The Balaban J connectivity index is 0.749. The number of rotatable bonds is 24. The van der Waals surface area contributed by atoms with E-state index in [1.165, 1.54) is 45.4 Å². The Morgan fingerprint density at radius 2 is 1.48 bits per heavy atom. The van der Waals surface area contributed by atoms with E-state index in [4.69, 9.17) is 33.2 Å². The van der Waals surface area contributed by atoms with Gasteiger partial charge in [-0.15, -0.1) is 11.8 Å². The molecule has 3 aromatic carbocycles. The van der Waals surface area contributed by atoms with E-state index >= 15 is 4.79 Å². The second-order valence-electron chi connectivity index (χ2n) is 32.0. The van der Waals surface area contributed by atoms with Gasteiger partial charge in [-0.05, 0) is 159 Å².